The van der Waals surface area contributed by atoms with Crippen LogP contribution in [0.5, 0.6) is 0 Å². The van der Waals surface area contributed by atoms with Crippen LogP contribution in [0.1, 0.15) is 11.6 Å². The average molecular weight is 374 g/mol. The molecule has 3 aliphatic rings. The highest BCUT2D eigenvalue weighted by atomic mass is 35.5. The van der Waals surface area contributed by atoms with Gasteiger partial charge in [-0.1, -0.05) is 42.0 Å². The fourth-order valence-corrected chi connectivity index (χ4v) is 3.24. The number of nitrogens with one attached hydrogen (secondary N) is 4. The molecule has 134 valence electrons. The molecule has 3 heterocycles. The van der Waals surface area contributed by atoms with E-state index in [4.69, 9.17) is 11.6 Å². The fourth-order valence-electron chi connectivity index (χ4n) is 3.00. The maximum Gasteiger partial charge on any atom is 0.276 e. The monoisotopic (exact) mass is 373 g/mol. The van der Waals surface area contributed by atoms with Gasteiger partial charge in [-0.05, 0) is 23.8 Å². The molecule has 26 heavy (non-hydrogen) atoms. The van der Waals surface area contributed by atoms with E-state index in [1.807, 2.05) is 24.3 Å². The van der Waals surface area contributed by atoms with Crippen molar-refractivity contribution in [3.8, 4) is 0 Å². The Kier molecular flexibility index (Phi) is 4.40. The highest BCUT2D eigenvalue weighted by Gasteiger charge is 2.34. The third kappa shape index (κ3) is 3.07. The Hall–Kier alpha value is -2.77. The van der Waals surface area contributed by atoms with Crippen LogP contribution in [0, 0.1) is 5.82 Å². The Balaban J connectivity index is 1.52. The van der Waals surface area contributed by atoms with Crippen molar-refractivity contribution in [1.29, 1.82) is 0 Å². The summed E-state index contributed by atoms with van der Waals surface area (Å²) >= 11 is 6.10. The number of carbonyl (C=O) groups is 1. The second kappa shape index (κ2) is 6.86. The van der Waals surface area contributed by atoms with E-state index in [9.17, 15) is 9.18 Å². The molecule has 0 saturated heterocycles. The highest BCUT2D eigenvalue weighted by Crippen LogP contribution is 2.30. The summed E-state index contributed by atoms with van der Waals surface area (Å²) in [6.07, 6.45) is 10.9. The number of carbonyl (C=O) groups excluding carboxylic acids is 1. The predicted octanol–water partition coefficient (Wildman–Crippen LogP) is 1.78. The molecule has 1 aromatic rings. The van der Waals surface area contributed by atoms with Crippen LogP contribution in [-0.4, -0.2) is 23.6 Å². The summed E-state index contributed by atoms with van der Waals surface area (Å²) in [6, 6.07) is 4.33. The number of hydrogen-bond donors (Lipinski definition) is 4. The molecule has 1 amide bonds. The summed E-state index contributed by atoms with van der Waals surface area (Å²) in [6.45, 7) is 0.664. The van der Waals surface area contributed by atoms with Crippen LogP contribution in [0.25, 0.3) is 0 Å². The van der Waals surface area contributed by atoms with Crippen LogP contribution in [0.2, 0.25) is 5.02 Å². The minimum atomic E-state index is -0.474. The van der Waals surface area contributed by atoms with Crippen molar-refractivity contribution in [1.82, 2.24) is 26.4 Å². The zero-order valence-electron chi connectivity index (χ0n) is 13.7. The second-order valence-electron chi connectivity index (χ2n) is 5.99. The minimum absolute atomic E-state index is 0.0681. The maximum absolute atomic E-state index is 13.8. The lowest BCUT2D eigenvalue weighted by atomic mass is 10.0. The van der Waals surface area contributed by atoms with E-state index in [1.165, 1.54) is 6.07 Å². The Morgan fingerprint density at radius 3 is 3.04 bits per heavy atom. The fraction of sp³-hybridized carbons (Fsp3) is 0.167. The molecule has 4 N–H and O–H groups in total. The minimum Gasteiger partial charge on any atom is -0.368 e. The number of halogens is 2. The lowest BCUT2D eigenvalue weighted by Gasteiger charge is -2.35. The molecule has 1 aromatic carbocycles. The third-order valence-corrected chi connectivity index (χ3v) is 4.70. The molecule has 3 aliphatic heterocycles. The number of allylic oxidation sites excluding steroid dienone is 2. The first kappa shape index (κ1) is 16.7. The van der Waals surface area contributed by atoms with E-state index in [0.717, 1.165) is 0 Å². The van der Waals surface area contributed by atoms with Crippen molar-refractivity contribution in [3.63, 3.8) is 0 Å². The van der Waals surface area contributed by atoms with Gasteiger partial charge < -0.3 is 16.0 Å². The van der Waals surface area contributed by atoms with Gasteiger partial charge in [0.25, 0.3) is 5.91 Å². The molecule has 6 nitrogen and oxygen atoms in total. The summed E-state index contributed by atoms with van der Waals surface area (Å²) in [4.78, 5) is 12.6. The SMILES string of the molecule is O=C(NC1=CC=CCN1)C1=CNC2C=CC(c3cccc(F)c3Cl)NN12. The number of fused-ring (bicyclic) bond motifs is 1. The molecule has 0 aliphatic carbocycles. The highest BCUT2D eigenvalue weighted by molar-refractivity contribution is 6.31. The Bertz CT molecular complexity index is 863. The molecule has 2 atom stereocenters. The quantitative estimate of drug-likeness (QED) is 0.608. The van der Waals surface area contributed by atoms with Crippen molar-refractivity contribution in [2.24, 2.45) is 0 Å². The number of amides is 1. The van der Waals surface area contributed by atoms with Crippen molar-refractivity contribution in [2.45, 2.75) is 12.2 Å². The van der Waals surface area contributed by atoms with E-state index in [0.29, 0.717) is 23.6 Å². The van der Waals surface area contributed by atoms with Crippen LogP contribution in [-0.2, 0) is 4.79 Å². The molecule has 0 aromatic heterocycles. The topological polar surface area (TPSA) is 68.4 Å². The van der Waals surface area contributed by atoms with Gasteiger partial charge in [-0.25, -0.2) is 9.82 Å². The molecular weight excluding hydrogens is 357 g/mol. The molecule has 0 radical (unpaired) electrons. The van der Waals surface area contributed by atoms with Crippen LogP contribution in [0.4, 0.5) is 4.39 Å². The number of nitrogens with zero attached hydrogens (tertiary/aromatic N) is 1. The molecule has 2 unspecified atom stereocenters. The van der Waals surface area contributed by atoms with Crippen LogP contribution in [0.3, 0.4) is 0 Å². The number of dihydropyridines is 1. The molecule has 0 spiro atoms. The number of benzene rings is 1. The summed E-state index contributed by atoms with van der Waals surface area (Å²) in [5.74, 6) is -0.0991. The molecule has 0 bridgehead atoms. The van der Waals surface area contributed by atoms with E-state index in [-0.39, 0.29) is 23.1 Å². The summed E-state index contributed by atoms with van der Waals surface area (Å²) < 4.78 is 13.8. The first-order valence-electron chi connectivity index (χ1n) is 8.19. The van der Waals surface area contributed by atoms with Crippen molar-refractivity contribution < 1.29 is 9.18 Å². The van der Waals surface area contributed by atoms with E-state index in [1.54, 1.807) is 29.4 Å². The first-order valence-corrected chi connectivity index (χ1v) is 8.57. The maximum atomic E-state index is 13.8. The van der Waals surface area contributed by atoms with E-state index < -0.39 is 5.82 Å². The number of hydrogen-bond acceptors (Lipinski definition) is 5. The van der Waals surface area contributed by atoms with Gasteiger partial charge >= 0.3 is 0 Å². The zero-order chi connectivity index (χ0) is 18.1. The molecular formula is C18H17ClFN5O. The normalized spacial score (nSPS) is 23.5. The summed E-state index contributed by atoms with van der Waals surface area (Å²) in [7, 11) is 0. The molecule has 4 rings (SSSR count). The molecule has 0 fully saturated rings. The average Bonchev–Trinajstić information content (AvgIpc) is 3.08. The van der Waals surface area contributed by atoms with E-state index in [2.05, 4.69) is 21.4 Å². The standard InChI is InChI=1S/C18H17ClFN5O/c19-17-11(4-3-5-12(17)20)13-7-8-16-22-10-14(25(16)24-13)18(26)23-15-6-1-2-9-21-15/h1-8,10,13,16,21-22,24H,9H2,(H,23,26). The number of hydrazine groups is 1. The van der Waals surface area contributed by atoms with Gasteiger partial charge in [0.2, 0.25) is 0 Å². The van der Waals surface area contributed by atoms with Crippen LogP contribution in [0.15, 0.2) is 66.3 Å². The smallest absolute Gasteiger partial charge is 0.276 e. The van der Waals surface area contributed by atoms with Gasteiger partial charge in [0.05, 0.1) is 11.1 Å². The largest absolute Gasteiger partial charge is 0.368 e. The third-order valence-electron chi connectivity index (χ3n) is 4.30. The summed E-state index contributed by atoms with van der Waals surface area (Å²) in [5.41, 5.74) is 4.25. The Labute approximate surface area is 155 Å². The van der Waals surface area contributed by atoms with Gasteiger partial charge in [-0.15, -0.1) is 0 Å². The molecule has 0 saturated carbocycles. The van der Waals surface area contributed by atoms with E-state index >= 15 is 0 Å². The summed E-state index contributed by atoms with van der Waals surface area (Å²) in [5, 5.41) is 10.8. The van der Waals surface area contributed by atoms with Gasteiger partial charge in [-0.3, -0.25) is 9.80 Å². The lowest BCUT2D eigenvalue weighted by Crippen LogP contribution is -2.51. The van der Waals surface area contributed by atoms with Crippen molar-refractivity contribution >= 4 is 17.5 Å². The van der Waals surface area contributed by atoms with Gasteiger partial charge in [0.1, 0.15) is 23.5 Å². The van der Waals surface area contributed by atoms with Crippen LogP contribution < -0.4 is 21.4 Å². The lowest BCUT2D eigenvalue weighted by molar-refractivity contribution is -0.119. The van der Waals surface area contributed by atoms with Gasteiger partial charge in [0.15, 0.2) is 0 Å². The van der Waals surface area contributed by atoms with Crippen LogP contribution >= 0.6 is 11.6 Å². The Morgan fingerprint density at radius 1 is 1.35 bits per heavy atom. The second-order valence-corrected chi connectivity index (χ2v) is 6.37. The zero-order valence-corrected chi connectivity index (χ0v) is 14.4. The van der Waals surface area contributed by atoms with Crippen molar-refractivity contribution in [2.75, 3.05) is 6.54 Å². The van der Waals surface area contributed by atoms with Crippen molar-refractivity contribution in [3.05, 3.63) is 82.7 Å². The van der Waals surface area contributed by atoms with Gasteiger partial charge in [-0.2, -0.15) is 0 Å². The van der Waals surface area contributed by atoms with Gasteiger partial charge in [0, 0.05) is 12.7 Å². The molecule has 8 heteroatoms. The first-order chi connectivity index (χ1) is 12.6. The predicted molar refractivity (Wildman–Crippen MR) is 96.6 cm³/mol. The number of rotatable bonds is 3. The Morgan fingerprint density at radius 2 is 2.23 bits per heavy atom.